The average Bonchev–Trinajstić information content (AvgIpc) is 3.04. The van der Waals surface area contributed by atoms with Gasteiger partial charge >= 0.3 is 0 Å². The van der Waals surface area contributed by atoms with Crippen molar-refractivity contribution in [3.63, 3.8) is 0 Å². The third-order valence-corrected chi connectivity index (χ3v) is 6.08. The molecule has 21 heavy (non-hydrogen) atoms. The Hall–Kier alpha value is -0.750. The zero-order valence-corrected chi connectivity index (χ0v) is 14.7. The fraction of sp³-hybridized carbons (Fsp3) is 0.250. The van der Waals surface area contributed by atoms with E-state index >= 15 is 0 Å². The Labute approximate surface area is 139 Å². The summed E-state index contributed by atoms with van der Waals surface area (Å²) in [6, 6.07) is 9.78. The third-order valence-electron chi connectivity index (χ3n) is 3.32. The first-order valence-electron chi connectivity index (χ1n) is 6.84. The molecule has 0 aliphatic carbocycles. The molecule has 3 aromatic rings. The summed E-state index contributed by atoms with van der Waals surface area (Å²) in [7, 11) is 0. The highest BCUT2D eigenvalue weighted by molar-refractivity contribution is 9.10. The van der Waals surface area contributed by atoms with Crippen molar-refractivity contribution in [2.75, 3.05) is 6.54 Å². The SMILES string of the molecule is CCCNC(c1ccc(F)c(Br)c1)c1cc2sccc2s1. The van der Waals surface area contributed by atoms with Crippen LogP contribution in [0.25, 0.3) is 9.40 Å². The summed E-state index contributed by atoms with van der Waals surface area (Å²) in [5.74, 6) is -0.222. The lowest BCUT2D eigenvalue weighted by atomic mass is 10.1. The number of rotatable bonds is 5. The molecule has 0 saturated heterocycles. The number of thiophene rings is 2. The van der Waals surface area contributed by atoms with E-state index in [0.717, 1.165) is 18.5 Å². The van der Waals surface area contributed by atoms with Crippen LogP contribution >= 0.6 is 38.6 Å². The Morgan fingerprint density at radius 3 is 2.81 bits per heavy atom. The minimum absolute atomic E-state index is 0.117. The smallest absolute Gasteiger partial charge is 0.137 e. The Morgan fingerprint density at radius 2 is 2.10 bits per heavy atom. The number of halogens is 2. The van der Waals surface area contributed by atoms with Crippen LogP contribution in [0.4, 0.5) is 4.39 Å². The lowest BCUT2D eigenvalue weighted by molar-refractivity contribution is 0.596. The van der Waals surface area contributed by atoms with Gasteiger partial charge in [-0.2, -0.15) is 0 Å². The fourth-order valence-electron chi connectivity index (χ4n) is 2.29. The van der Waals surface area contributed by atoms with Gasteiger partial charge < -0.3 is 5.32 Å². The van der Waals surface area contributed by atoms with E-state index in [-0.39, 0.29) is 11.9 Å². The van der Waals surface area contributed by atoms with E-state index in [1.54, 1.807) is 22.7 Å². The first-order chi connectivity index (χ1) is 10.2. The Bertz CT molecular complexity index is 721. The number of benzene rings is 1. The van der Waals surface area contributed by atoms with E-state index in [1.807, 2.05) is 12.1 Å². The highest BCUT2D eigenvalue weighted by Gasteiger charge is 2.17. The minimum atomic E-state index is -0.222. The molecule has 1 atom stereocenters. The van der Waals surface area contributed by atoms with Gasteiger partial charge in [-0.15, -0.1) is 22.7 Å². The van der Waals surface area contributed by atoms with Crippen LogP contribution in [0.2, 0.25) is 0 Å². The second-order valence-corrected chi connectivity index (χ2v) is 7.78. The van der Waals surface area contributed by atoms with Crippen LogP contribution in [0.3, 0.4) is 0 Å². The first-order valence-corrected chi connectivity index (χ1v) is 9.33. The van der Waals surface area contributed by atoms with E-state index in [4.69, 9.17) is 0 Å². The fourth-order valence-corrected chi connectivity index (χ4v) is 4.91. The summed E-state index contributed by atoms with van der Waals surface area (Å²) >= 11 is 6.85. The number of fused-ring (bicyclic) bond motifs is 1. The first kappa shape index (κ1) is 15.2. The van der Waals surface area contributed by atoms with Gasteiger partial charge in [0, 0.05) is 14.3 Å². The second kappa shape index (κ2) is 6.57. The molecular weight excluding hydrogens is 369 g/mol. The second-order valence-electron chi connectivity index (χ2n) is 4.86. The lowest BCUT2D eigenvalue weighted by Gasteiger charge is -2.18. The average molecular weight is 384 g/mol. The van der Waals surface area contributed by atoms with Gasteiger partial charge in [0.15, 0.2) is 0 Å². The maximum Gasteiger partial charge on any atom is 0.137 e. The zero-order chi connectivity index (χ0) is 14.8. The van der Waals surface area contributed by atoms with Gasteiger partial charge in [-0.1, -0.05) is 13.0 Å². The van der Waals surface area contributed by atoms with E-state index in [1.165, 1.54) is 20.3 Å². The molecule has 0 aliphatic rings. The normalized spacial score (nSPS) is 12.9. The van der Waals surface area contributed by atoms with E-state index in [0.29, 0.717) is 4.47 Å². The predicted octanol–water partition coefficient (Wildman–Crippen LogP) is 5.95. The molecule has 1 aromatic carbocycles. The summed E-state index contributed by atoms with van der Waals surface area (Å²) < 4.78 is 16.6. The lowest BCUT2D eigenvalue weighted by Crippen LogP contribution is -2.22. The molecule has 0 radical (unpaired) electrons. The molecule has 3 rings (SSSR count). The van der Waals surface area contributed by atoms with Gasteiger partial charge in [0.2, 0.25) is 0 Å². The van der Waals surface area contributed by atoms with Crippen LogP contribution in [0.5, 0.6) is 0 Å². The van der Waals surface area contributed by atoms with Crippen molar-refractivity contribution in [2.45, 2.75) is 19.4 Å². The van der Waals surface area contributed by atoms with Crippen molar-refractivity contribution in [1.82, 2.24) is 5.32 Å². The maximum absolute atomic E-state index is 13.5. The molecule has 1 N–H and O–H groups in total. The van der Waals surface area contributed by atoms with Crippen LogP contribution in [-0.4, -0.2) is 6.54 Å². The van der Waals surface area contributed by atoms with Crippen molar-refractivity contribution < 1.29 is 4.39 Å². The summed E-state index contributed by atoms with van der Waals surface area (Å²) in [4.78, 5) is 1.28. The molecule has 0 spiro atoms. The molecule has 1 unspecified atom stereocenters. The number of hydrogen-bond donors (Lipinski definition) is 1. The Kier molecular flexibility index (Phi) is 4.74. The van der Waals surface area contributed by atoms with Gasteiger partial charge in [-0.25, -0.2) is 4.39 Å². The monoisotopic (exact) mass is 383 g/mol. The molecule has 1 nitrogen and oxygen atoms in total. The molecule has 0 fully saturated rings. The molecule has 5 heteroatoms. The largest absolute Gasteiger partial charge is 0.306 e. The van der Waals surface area contributed by atoms with Crippen LogP contribution in [0, 0.1) is 5.82 Å². The van der Waals surface area contributed by atoms with Crippen LogP contribution in [-0.2, 0) is 0 Å². The van der Waals surface area contributed by atoms with Gasteiger partial charge in [-0.3, -0.25) is 0 Å². The molecule has 110 valence electrons. The number of nitrogens with one attached hydrogen (secondary N) is 1. The van der Waals surface area contributed by atoms with Gasteiger partial charge in [0.25, 0.3) is 0 Å². The van der Waals surface area contributed by atoms with E-state index < -0.39 is 0 Å². The predicted molar refractivity (Wildman–Crippen MR) is 93.9 cm³/mol. The molecule has 0 aliphatic heterocycles. The third kappa shape index (κ3) is 3.21. The van der Waals surface area contributed by atoms with Crippen molar-refractivity contribution >= 4 is 48.0 Å². The minimum Gasteiger partial charge on any atom is -0.306 e. The van der Waals surface area contributed by atoms with Crippen LogP contribution < -0.4 is 5.32 Å². The zero-order valence-electron chi connectivity index (χ0n) is 11.5. The topological polar surface area (TPSA) is 12.0 Å². The van der Waals surface area contributed by atoms with Crippen molar-refractivity contribution in [1.29, 1.82) is 0 Å². The molecule has 0 saturated carbocycles. The molecule has 2 heterocycles. The van der Waals surface area contributed by atoms with Crippen molar-refractivity contribution in [3.05, 3.63) is 56.4 Å². The van der Waals surface area contributed by atoms with Gasteiger partial charge in [0.1, 0.15) is 5.82 Å². The molecule has 0 bridgehead atoms. The summed E-state index contributed by atoms with van der Waals surface area (Å²) in [5, 5.41) is 5.69. The molecular formula is C16H15BrFNS2. The molecule has 0 amide bonds. The Balaban J connectivity index is 1.99. The van der Waals surface area contributed by atoms with Gasteiger partial charge in [0.05, 0.1) is 10.5 Å². The quantitative estimate of drug-likeness (QED) is 0.573. The van der Waals surface area contributed by atoms with Crippen LogP contribution in [0.1, 0.15) is 29.8 Å². The molecule has 2 aromatic heterocycles. The highest BCUT2D eigenvalue weighted by Crippen LogP contribution is 2.36. The highest BCUT2D eigenvalue weighted by atomic mass is 79.9. The van der Waals surface area contributed by atoms with Gasteiger partial charge in [-0.05, 0) is 64.1 Å². The van der Waals surface area contributed by atoms with E-state index in [9.17, 15) is 4.39 Å². The van der Waals surface area contributed by atoms with Crippen molar-refractivity contribution in [2.24, 2.45) is 0 Å². The number of hydrogen-bond acceptors (Lipinski definition) is 3. The van der Waals surface area contributed by atoms with Crippen LogP contribution in [0.15, 0.2) is 40.2 Å². The summed E-state index contributed by atoms with van der Waals surface area (Å²) in [6.45, 7) is 3.09. The Morgan fingerprint density at radius 1 is 1.24 bits per heavy atom. The van der Waals surface area contributed by atoms with Crippen molar-refractivity contribution in [3.8, 4) is 0 Å². The maximum atomic E-state index is 13.5. The summed E-state index contributed by atoms with van der Waals surface area (Å²) in [6.07, 6.45) is 1.07. The summed E-state index contributed by atoms with van der Waals surface area (Å²) in [5.41, 5.74) is 1.09. The standard InChI is InChI=1S/C16H15BrFNS2/c1-2-6-19-16(10-3-4-12(18)11(17)8-10)15-9-14-13(21-15)5-7-20-14/h3-5,7-9,16,19H,2,6H2,1H3. The van der Waals surface area contributed by atoms with E-state index in [2.05, 4.69) is 45.7 Å².